The molecule has 0 aliphatic carbocycles. The van der Waals surface area contributed by atoms with Crippen LogP contribution in [-0.2, 0) is 10.0 Å². The van der Waals surface area contributed by atoms with E-state index in [-0.39, 0.29) is 5.91 Å². The lowest BCUT2D eigenvalue weighted by molar-refractivity contribution is 0.102. The Morgan fingerprint density at radius 2 is 1.62 bits per heavy atom. The molecule has 0 spiro atoms. The number of carbonyl (C=O) groups excluding carboxylic acids is 1. The van der Waals surface area contributed by atoms with Gasteiger partial charge in [-0.15, -0.1) is 0 Å². The second kappa shape index (κ2) is 6.65. The third kappa shape index (κ3) is 3.94. The van der Waals surface area contributed by atoms with Gasteiger partial charge in [-0.2, -0.15) is 0 Å². The van der Waals surface area contributed by atoms with Crippen molar-refractivity contribution in [3.05, 3.63) is 58.7 Å². The zero-order valence-corrected chi connectivity index (χ0v) is 15.4. The zero-order chi connectivity index (χ0) is 18.1. The third-order valence-electron chi connectivity index (χ3n) is 4.06. The normalized spacial score (nSPS) is 11.2. The molecule has 0 unspecified atom stereocenters. The van der Waals surface area contributed by atoms with Crippen molar-refractivity contribution >= 4 is 27.3 Å². The van der Waals surface area contributed by atoms with Crippen LogP contribution in [0.3, 0.4) is 0 Å². The average Bonchev–Trinajstić information content (AvgIpc) is 2.49. The molecule has 0 heterocycles. The lowest BCUT2D eigenvalue weighted by Gasteiger charge is -2.19. The Bertz CT molecular complexity index is 889. The van der Waals surface area contributed by atoms with Crippen LogP contribution in [0.5, 0.6) is 0 Å². The summed E-state index contributed by atoms with van der Waals surface area (Å²) in [7, 11) is -1.84. The van der Waals surface area contributed by atoms with Gasteiger partial charge in [0.2, 0.25) is 10.0 Å². The van der Waals surface area contributed by atoms with Crippen molar-refractivity contribution in [1.82, 2.24) is 0 Å². The molecule has 1 N–H and O–H groups in total. The predicted molar refractivity (Wildman–Crippen MR) is 98.3 cm³/mol. The third-order valence-corrected chi connectivity index (χ3v) is 5.25. The molecule has 24 heavy (non-hydrogen) atoms. The quantitative estimate of drug-likeness (QED) is 0.924. The fraction of sp³-hybridized carbons (Fsp3) is 0.278. The molecular weight excluding hydrogens is 324 g/mol. The van der Waals surface area contributed by atoms with Crippen molar-refractivity contribution in [2.75, 3.05) is 22.9 Å². The van der Waals surface area contributed by atoms with E-state index in [2.05, 4.69) is 5.32 Å². The fourth-order valence-electron chi connectivity index (χ4n) is 2.35. The molecule has 0 bridgehead atoms. The van der Waals surface area contributed by atoms with Gasteiger partial charge >= 0.3 is 0 Å². The molecule has 1 amide bonds. The van der Waals surface area contributed by atoms with E-state index in [1.165, 1.54) is 11.4 Å². The second-order valence-corrected chi connectivity index (χ2v) is 8.00. The second-order valence-electron chi connectivity index (χ2n) is 5.98. The minimum absolute atomic E-state index is 0.227. The summed E-state index contributed by atoms with van der Waals surface area (Å²) in [6.07, 6.45) is 1.15. The van der Waals surface area contributed by atoms with E-state index in [4.69, 9.17) is 0 Å². The molecule has 0 fully saturated rings. The number of nitrogens with zero attached hydrogens (tertiary/aromatic N) is 1. The first-order valence-corrected chi connectivity index (χ1v) is 9.37. The van der Waals surface area contributed by atoms with Gasteiger partial charge in [-0.1, -0.05) is 6.07 Å². The highest BCUT2D eigenvalue weighted by Crippen LogP contribution is 2.23. The SMILES string of the molecule is Cc1ccc(NC(=O)c2ccc(N(C)S(C)(=O)=O)c(C)c2)cc1C. The number of rotatable bonds is 4. The Balaban J connectivity index is 2.25. The van der Waals surface area contributed by atoms with Crippen LogP contribution in [0.2, 0.25) is 0 Å². The molecular formula is C18H22N2O3S. The van der Waals surface area contributed by atoms with E-state index in [1.807, 2.05) is 32.0 Å². The van der Waals surface area contributed by atoms with Gasteiger partial charge in [-0.05, 0) is 67.8 Å². The van der Waals surface area contributed by atoms with E-state index < -0.39 is 10.0 Å². The number of aryl methyl sites for hydroxylation is 3. The maximum Gasteiger partial charge on any atom is 0.255 e. The van der Waals surface area contributed by atoms with Crippen LogP contribution in [0.25, 0.3) is 0 Å². The highest BCUT2D eigenvalue weighted by Gasteiger charge is 2.16. The van der Waals surface area contributed by atoms with Crippen molar-refractivity contribution in [1.29, 1.82) is 0 Å². The largest absolute Gasteiger partial charge is 0.322 e. The summed E-state index contributed by atoms with van der Waals surface area (Å²) in [6, 6.07) is 10.7. The van der Waals surface area contributed by atoms with Gasteiger partial charge in [0.25, 0.3) is 5.91 Å². The maximum absolute atomic E-state index is 12.4. The van der Waals surface area contributed by atoms with E-state index >= 15 is 0 Å². The number of hydrogen-bond acceptors (Lipinski definition) is 3. The van der Waals surface area contributed by atoms with Crippen LogP contribution in [0.15, 0.2) is 36.4 Å². The molecule has 0 aromatic heterocycles. The van der Waals surface area contributed by atoms with Gasteiger partial charge in [0.05, 0.1) is 11.9 Å². The molecule has 2 aromatic carbocycles. The van der Waals surface area contributed by atoms with E-state index in [1.54, 1.807) is 25.1 Å². The van der Waals surface area contributed by atoms with Crippen LogP contribution in [-0.4, -0.2) is 27.6 Å². The molecule has 128 valence electrons. The number of benzene rings is 2. The molecule has 6 heteroatoms. The maximum atomic E-state index is 12.4. The summed E-state index contributed by atoms with van der Waals surface area (Å²) in [6.45, 7) is 5.79. The summed E-state index contributed by atoms with van der Waals surface area (Å²) in [4.78, 5) is 12.4. The molecule has 0 aliphatic heterocycles. The number of hydrogen-bond donors (Lipinski definition) is 1. The van der Waals surface area contributed by atoms with Gasteiger partial charge in [0.15, 0.2) is 0 Å². The first kappa shape index (κ1) is 18.0. The van der Waals surface area contributed by atoms with E-state index in [0.717, 1.165) is 28.6 Å². The highest BCUT2D eigenvalue weighted by atomic mass is 32.2. The van der Waals surface area contributed by atoms with Crippen molar-refractivity contribution < 1.29 is 13.2 Å². The lowest BCUT2D eigenvalue weighted by atomic mass is 10.1. The molecule has 0 atom stereocenters. The molecule has 2 aromatic rings. The Morgan fingerprint density at radius 3 is 2.17 bits per heavy atom. The smallest absolute Gasteiger partial charge is 0.255 e. The molecule has 2 rings (SSSR count). The first-order chi connectivity index (χ1) is 11.1. The number of sulfonamides is 1. The summed E-state index contributed by atoms with van der Waals surface area (Å²) in [5.41, 5.74) is 4.76. The molecule has 5 nitrogen and oxygen atoms in total. The Kier molecular flexibility index (Phi) is 4.99. The summed E-state index contributed by atoms with van der Waals surface area (Å²) in [5.74, 6) is -0.227. The molecule has 0 aliphatic rings. The monoisotopic (exact) mass is 346 g/mol. The number of nitrogens with one attached hydrogen (secondary N) is 1. The number of amides is 1. The van der Waals surface area contributed by atoms with Crippen LogP contribution in [0.4, 0.5) is 11.4 Å². The summed E-state index contributed by atoms with van der Waals surface area (Å²) < 4.78 is 24.5. The number of anilines is 2. The van der Waals surface area contributed by atoms with Crippen molar-refractivity contribution in [2.45, 2.75) is 20.8 Å². The van der Waals surface area contributed by atoms with E-state index in [0.29, 0.717) is 11.3 Å². The molecule has 0 radical (unpaired) electrons. The zero-order valence-electron chi connectivity index (χ0n) is 14.5. The predicted octanol–water partition coefficient (Wildman–Crippen LogP) is 3.26. The number of carbonyl (C=O) groups is 1. The van der Waals surface area contributed by atoms with Crippen molar-refractivity contribution in [3.8, 4) is 0 Å². The lowest BCUT2D eigenvalue weighted by Crippen LogP contribution is -2.25. The first-order valence-electron chi connectivity index (χ1n) is 7.53. The average molecular weight is 346 g/mol. The Hall–Kier alpha value is -2.34. The van der Waals surface area contributed by atoms with Crippen molar-refractivity contribution in [2.24, 2.45) is 0 Å². The van der Waals surface area contributed by atoms with Crippen LogP contribution in [0, 0.1) is 20.8 Å². The van der Waals surface area contributed by atoms with Gasteiger partial charge in [-0.3, -0.25) is 9.10 Å². The van der Waals surface area contributed by atoms with Gasteiger partial charge < -0.3 is 5.32 Å². The summed E-state index contributed by atoms with van der Waals surface area (Å²) >= 11 is 0. The van der Waals surface area contributed by atoms with Gasteiger partial charge in [0.1, 0.15) is 0 Å². The van der Waals surface area contributed by atoms with Gasteiger partial charge in [-0.25, -0.2) is 8.42 Å². The minimum Gasteiger partial charge on any atom is -0.322 e. The van der Waals surface area contributed by atoms with Gasteiger partial charge in [0, 0.05) is 18.3 Å². The fourth-order valence-corrected chi connectivity index (χ4v) is 2.91. The standard InChI is InChI=1S/C18H22N2O3S/c1-12-6-8-16(11-13(12)2)19-18(21)15-7-9-17(14(3)10-15)20(4)24(5,22)23/h6-11H,1-5H3,(H,19,21). The topological polar surface area (TPSA) is 66.5 Å². The molecule has 0 saturated heterocycles. The van der Waals surface area contributed by atoms with Crippen LogP contribution in [0.1, 0.15) is 27.0 Å². The minimum atomic E-state index is -3.34. The molecule has 0 saturated carbocycles. The summed E-state index contributed by atoms with van der Waals surface area (Å²) in [5, 5.41) is 2.86. The van der Waals surface area contributed by atoms with Crippen LogP contribution < -0.4 is 9.62 Å². The van der Waals surface area contributed by atoms with E-state index in [9.17, 15) is 13.2 Å². The Morgan fingerprint density at radius 1 is 0.958 bits per heavy atom. The highest BCUT2D eigenvalue weighted by molar-refractivity contribution is 7.92. The Labute approximate surface area is 143 Å². The van der Waals surface area contributed by atoms with Crippen LogP contribution >= 0.6 is 0 Å². The van der Waals surface area contributed by atoms with Crippen molar-refractivity contribution in [3.63, 3.8) is 0 Å².